The van der Waals surface area contributed by atoms with E-state index in [0.29, 0.717) is 5.02 Å². The predicted octanol–water partition coefficient (Wildman–Crippen LogP) is 2.25. The van der Waals surface area contributed by atoms with Crippen LogP contribution in [-0.2, 0) is 10.3 Å². The summed E-state index contributed by atoms with van der Waals surface area (Å²) in [6, 6.07) is 5.38. The zero-order valence-corrected chi connectivity index (χ0v) is 9.27. The van der Waals surface area contributed by atoms with Crippen molar-refractivity contribution in [1.82, 2.24) is 0 Å². The molecule has 0 bridgehead atoms. The zero-order chi connectivity index (χ0) is 11.1. The molecule has 0 spiro atoms. The normalized spacial score (nSPS) is 17.3. The second kappa shape index (κ2) is 3.51. The molecule has 0 heterocycles. The first-order chi connectivity index (χ1) is 7.01. The van der Waals surface area contributed by atoms with E-state index in [4.69, 9.17) is 17.3 Å². The fourth-order valence-corrected chi connectivity index (χ4v) is 1.80. The fourth-order valence-electron chi connectivity index (χ4n) is 1.63. The molecule has 1 aromatic rings. The average molecular weight is 225 g/mol. The molecular weight excluding hydrogens is 212 g/mol. The third-order valence-electron chi connectivity index (χ3n) is 2.62. The van der Waals surface area contributed by atoms with Crippen LogP contribution in [0.3, 0.4) is 0 Å². The Labute approximate surface area is 93.6 Å². The van der Waals surface area contributed by atoms with Crippen LogP contribution in [0.4, 0.5) is 5.69 Å². The quantitative estimate of drug-likeness (QED) is 0.810. The molecule has 1 aliphatic rings. The summed E-state index contributed by atoms with van der Waals surface area (Å²) in [5, 5.41) is 3.42. The number of hydrogen-bond donors (Lipinski definition) is 2. The molecule has 15 heavy (non-hydrogen) atoms. The molecule has 1 aromatic carbocycles. The highest BCUT2D eigenvalue weighted by Crippen LogP contribution is 2.46. The number of rotatable bonds is 2. The number of nitrogens with two attached hydrogens (primary N) is 1. The molecule has 1 fully saturated rings. The Hall–Kier alpha value is -1.06. The Kier molecular flexibility index (Phi) is 2.44. The molecule has 3 nitrogen and oxygen atoms in total. The maximum Gasteiger partial charge on any atom is 0.221 e. The molecule has 0 saturated heterocycles. The second-order valence-electron chi connectivity index (χ2n) is 4.03. The van der Waals surface area contributed by atoms with Crippen molar-refractivity contribution in [2.24, 2.45) is 5.73 Å². The lowest BCUT2D eigenvalue weighted by molar-refractivity contribution is -0.114. The summed E-state index contributed by atoms with van der Waals surface area (Å²) < 4.78 is 0. The van der Waals surface area contributed by atoms with Gasteiger partial charge in [0.1, 0.15) is 0 Å². The number of nitrogens with one attached hydrogen (secondary N) is 1. The van der Waals surface area contributed by atoms with Gasteiger partial charge in [-0.3, -0.25) is 4.79 Å². The predicted molar refractivity (Wildman–Crippen MR) is 60.9 cm³/mol. The van der Waals surface area contributed by atoms with Gasteiger partial charge in [-0.05, 0) is 36.6 Å². The molecule has 1 saturated carbocycles. The van der Waals surface area contributed by atoms with Gasteiger partial charge in [0.15, 0.2) is 0 Å². The lowest BCUT2D eigenvalue weighted by Crippen LogP contribution is -2.21. The van der Waals surface area contributed by atoms with Crippen molar-refractivity contribution in [2.75, 3.05) is 5.32 Å². The maximum absolute atomic E-state index is 11.0. The standard InChI is InChI=1S/C11H13ClN2O/c1-7(15)14-10-3-2-8(12)6-9(10)11(13)4-5-11/h2-3,6H,4-5,13H2,1H3,(H,14,15). The molecule has 80 valence electrons. The molecule has 0 radical (unpaired) electrons. The van der Waals surface area contributed by atoms with Crippen LogP contribution >= 0.6 is 11.6 Å². The van der Waals surface area contributed by atoms with E-state index in [1.807, 2.05) is 6.07 Å². The monoisotopic (exact) mass is 224 g/mol. The fraction of sp³-hybridized carbons (Fsp3) is 0.364. The van der Waals surface area contributed by atoms with Crippen molar-refractivity contribution < 1.29 is 4.79 Å². The van der Waals surface area contributed by atoms with Gasteiger partial charge in [-0.2, -0.15) is 0 Å². The Morgan fingerprint density at radius 1 is 1.53 bits per heavy atom. The van der Waals surface area contributed by atoms with Gasteiger partial charge in [-0.15, -0.1) is 0 Å². The van der Waals surface area contributed by atoms with Gasteiger partial charge >= 0.3 is 0 Å². The SMILES string of the molecule is CC(=O)Nc1ccc(Cl)cc1C1(N)CC1. The van der Waals surface area contributed by atoms with Crippen LogP contribution in [0.1, 0.15) is 25.3 Å². The molecule has 0 aliphatic heterocycles. The molecule has 2 rings (SSSR count). The number of carbonyl (C=O) groups is 1. The summed E-state index contributed by atoms with van der Waals surface area (Å²) >= 11 is 5.92. The van der Waals surface area contributed by atoms with Crippen LogP contribution in [0.15, 0.2) is 18.2 Å². The topological polar surface area (TPSA) is 55.1 Å². The van der Waals surface area contributed by atoms with E-state index in [0.717, 1.165) is 24.1 Å². The van der Waals surface area contributed by atoms with Crippen LogP contribution in [0.5, 0.6) is 0 Å². The number of anilines is 1. The van der Waals surface area contributed by atoms with Gasteiger partial charge in [0.05, 0.1) is 0 Å². The van der Waals surface area contributed by atoms with Crippen molar-refractivity contribution in [3.05, 3.63) is 28.8 Å². The zero-order valence-electron chi connectivity index (χ0n) is 8.51. The lowest BCUT2D eigenvalue weighted by Gasteiger charge is -2.15. The summed E-state index contributed by atoms with van der Waals surface area (Å²) in [5.74, 6) is -0.0946. The Bertz CT molecular complexity index is 413. The van der Waals surface area contributed by atoms with Crippen molar-refractivity contribution in [3.63, 3.8) is 0 Å². The van der Waals surface area contributed by atoms with Crippen molar-refractivity contribution in [2.45, 2.75) is 25.3 Å². The van der Waals surface area contributed by atoms with Gasteiger partial charge in [0, 0.05) is 23.2 Å². The molecule has 1 aliphatic carbocycles. The molecular formula is C11H13ClN2O. The van der Waals surface area contributed by atoms with Crippen LogP contribution in [0.2, 0.25) is 5.02 Å². The summed E-state index contributed by atoms with van der Waals surface area (Å²) in [4.78, 5) is 11.0. The Balaban J connectivity index is 2.40. The van der Waals surface area contributed by atoms with Crippen LogP contribution in [0, 0.1) is 0 Å². The summed E-state index contributed by atoms with van der Waals surface area (Å²) in [6.45, 7) is 1.48. The van der Waals surface area contributed by atoms with Gasteiger partial charge in [-0.25, -0.2) is 0 Å². The Morgan fingerprint density at radius 3 is 2.73 bits per heavy atom. The van der Waals surface area contributed by atoms with E-state index < -0.39 is 0 Å². The minimum Gasteiger partial charge on any atom is -0.326 e. The van der Waals surface area contributed by atoms with E-state index >= 15 is 0 Å². The Morgan fingerprint density at radius 2 is 2.20 bits per heavy atom. The molecule has 0 atom stereocenters. The van der Waals surface area contributed by atoms with Crippen LogP contribution < -0.4 is 11.1 Å². The largest absolute Gasteiger partial charge is 0.326 e. The maximum atomic E-state index is 11.0. The molecule has 0 aromatic heterocycles. The molecule has 0 unspecified atom stereocenters. The highest BCUT2D eigenvalue weighted by atomic mass is 35.5. The minimum absolute atomic E-state index is 0.0946. The van der Waals surface area contributed by atoms with E-state index in [2.05, 4.69) is 5.32 Å². The van der Waals surface area contributed by atoms with Gasteiger partial charge in [0.2, 0.25) is 5.91 Å². The number of halogens is 1. The number of hydrogen-bond acceptors (Lipinski definition) is 2. The third-order valence-corrected chi connectivity index (χ3v) is 2.85. The average Bonchev–Trinajstić information content (AvgIpc) is 2.87. The van der Waals surface area contributed by atoms with E-state index in [9.17, 15) is 4.79 Å². The molecule has 4 heteroatoms. The first-order valence-electron chi connectivity index (χ1n) is 4.88. The van der Waals surface area contributed by atoms with Crippen molar-refractivity contribution >= 4 is 23.2 Å². The van der Waals surface area contributed by atoms with E-state index in [-0.39, 0.29) is 11.4 Å². The van der Waals surface area contributed by atoms with Gasteiger partial charge in [0.25, 0.3) is 0 Å². The minimum atomic E-state index is -0.289. The van der Waals surface area contributed by atoms with E-state index in [1.165, 1.54) is 6.92 Å². The summed E-state index contributed by atoms with van der Waals surface area (Å²) in [6.07, 6.45) is 1.89. The van der Waals surface area contributed by atoms with Gasteiger partial charge < -0.3 is 11.1 Å². The first kappa shape index (κ1) is 10.5. The summed E-state index contributed by atoms with van der Waals surface area (Å²) in [7, 11) is 0. The van der Waals surface area contributed by atoms with E-state index in [1.54, 1.807) is 12.1 Å². The number of amides is 1. The smallest absolute Gasteiger partial charge is 0.221 e. The van der Waals surface area contributed by atoms with Gasteiger partial charge in [-0.1, -0.05) is 11.6 Å². The third kappa shape index (κ3) is 2.13. The number of benzene rings is 1. The second-order valence-corrected chi connectivity index (χ2v) is 4.46. The summed E-state index contributed by atoms with van der Waals surface area (Å²) in [5.41, 5.74) is 7.52. The molecule has 3 N–H and O–H groups in total. The lowest BCUT2D eigenvalue weighted by atomic mass is 10.0. The first-order valence-corrected chi connectivity index (χ1v) is 5.25. The van der Waals surface area contributed by atoms with Crippen molar-refractivity contribution in [1.29, 1.82) is 0 Å². The highest BCUT2D eigenvalue weighted by molar-refractivity contribution is 6.30. The number of carbonyl (C=O) groups excluding carboxylic acids is 1. The van der Waals surface area contributed by atoms with Crippen molar-refractivity contribution in [3.8, 4) is 0 Å². The van der Waals surface area contributed by atoms with Crippen LogP contribution in [-0.4, -0.2) is 5.91 Å². The van der Waals surface area contributed by atoms with Crippen LogP contribution in [0.25, 0.3) is 0 Å². The highest BCUT2D eigenvalue weighted by Gasteiger charge is 2.41. The molecule has 1 amide bonds.